The molecule has 1 aliphatic heterocycles. The van der Waals surface area contributed by atoms with Gasteiger partial charge in [0.05, 0.1) is 4.92 Å². The summed E-state index contributed by atoms with van der Waals surface area (Å²) in [6, 6.07) is 6.00. The molecule has 0 bridgehead atoms. The maximum Gasteiger partial charge on any atom is 0.269 e. The molecule has 2 rings (SSSR count). The summed E-state index contributed by atoms with van der Waals surface area (Å²) in [6.07, 6.45) is 0. The fourth-order valence-electron chi connectivity index (χ4n) is 1.97. The van der Waals surface area contributed by atoms with Crippen molar-refractivity contribution in [3.63, 3.8) is 0 Å². The van der Waals surface area contributed by atoms with Crippen molar-refractivity contribution in [1.29, 1.82) is 0 Å². The first kappa shape index (κ1) is 15.7. The Morgan fingerprint density at radius 3 is 2.25 bits per heavy atom. The van der Waals surface area contributed by atoms with Crippen LogP contribution in [-0.4, -0.2) is 22.5 Å². The molecule has 20 heavy (non-hydrogen) atoms. The Bertz CT molecular complexity index is 581. The minimum atomic E-state index is -0.702. The summed E-state index contributed by atoms with van der Waals surface area (Å²) < 4.78 is 0. The van der Waals surface area contributed by atoms with Crippen LogP contribution in [0.2, 0.25) is 0 Å². The Morgan fingerprint density at radius 1 is 1.25 bits per heavy atom. The van der Waals surface area contributed by atoms with Crippen molar-refractivity contribution in [3.05, 3.63) is 34.4 Å². The second-order valence-electron chi connectivity index (χ2n) is 4.54. The van der Waals surface area contributed by atoms with Gasteiger partial charge in [0.2, 0.25) is 11.9 Å². The molecule has 0 saturated heterocycles. The summed E-state index contributed by atoms with van der Waals surface area (Å²) >= 11 is 0. The molecule has 0 aliphatic carbocycles. The van der Waals surface area contributed by atoms with E-state index in [1.807, 2.05) is 13.8 Å². The van der Waals surface area contributed by atoms with E-state index in [0.29, 0.717) is 5.69 Å². The van der Waals surface area contributed by atoms with E-state index in [1.54, 1.807) is 17.0 Å². The van der Waals surface area contributed by atoms with E-state index < -0.39 is 10.6 Å². The summed E-state index contributed by atoms with van der Waals surface area (Å²) in [5.74, 6) is 0.312. The number of rotatable bonds is 2. The predicted molar refractivity (Wildman–Crippen MR) is 80.1 cm³/mol. The molecule has 8 nitrogen and oxygen atoms in total. The van der Waals surface area contributed by atoms with Crippen LogP contribution in [0.5, 0.6) is 0 Å². The number of nitro benzene ring substituents is 1. The van der Waals surface area contributed by atoms with Gasteiger partial charge in [-0.15, -0.1) is 12.4 Å². The molecule has 0 radical (unpaired) electrons. The van der Waals surface area contributed by atoms with Crippen molar-refractivity contribution in [2.45, 2.75) is 19.5 Å². The van der Waals surface area contributed by atoms with Crippen molar-refractivity contribution in [2.24, 2.45) is 21.5 Å². The Morgan fingerprint density at radius 2 is 1.80 bits per heavy atom. The molecule has 0 fully saturated rings. The molecule has 1 heterocycles. The maximum absolute atomic E-state index is 10.6. The van der Waals surface area contributed by atoms with Gasteiger partial charge in [0.1, 0.15) is 5.66 Å². The third kappa shape index (κ3) is 2.80. The van der Waals surface area contributed by atoms with Gasteiger partial charge in [0, 0.05) is 17.8 Å². The number of guanidine groups is 2. The smallest absolute Gasteiger partial charge is 0.269 e. The molecule has 0 spiro atoms. The fourth-order valence-corrected chi connectivity index (χ4v) is 1.97. The van der Waals surface area contributed by atoms with Gasteiger partial charge in [-0.1, -0.05) is 0 Å². The van der Waals surface area contributed by atoms with E-state index in [2.05, 4.69) is 9.98 Å². The predicted octanol–water partition coefficient (Wildman–Crippen LogP) is 1.20. The Labute approximate surface area is 121 Å². The van der Waals surface area contributed by atoms with Crippen molar-refractivity contribution in [2.75, 3.05) is 4.90 Å². The highest BCUT2D eigenvalue weighted by Crippen LogP contribution is 2.28. The number of hydrogen-bond donors (Lipinski definition) is 2. The summed E-state index contributed by atoms with van der Waals surface area (Å²) in [5, 5.41) is 10.6. The van der Waals surface area contributed by atoms with Gasteiger partial charge in [-0.25, -0.2) is 4.99 Å². The Kier molecular flexibility index (Phi) is 4.19. The third-order valence-corrected chi connectivity index (χ3v) is 2.71. The highest BCUT2D eigenvalue weighted by molar-refractivity contribution is 6.05. The summed E-state index contributed by atoms with van der Waals surface area (Å²) in [6.45, 7) is 3.64. The first-order valence-corrected chi connectivity index (χ1v) is 5.55. The third-order valence-electron chi connectivity index (χ3n) is 2.71. The highest BCUT2D eigenvalue weighted by atomic mass is 35.5. The number of nitro groups is 1. The van der Waals surface area contributed by atoms with Gasteiger partial charge in [-0.2, -0.15) is 4.99 Å². The lowest BCUT2D eigenvalue weighted by Gasteiger charge is -2.38. The second kappa shape index (κ2) is 5.33. The molecule has 1 aliphatic rings. The largest absolute Gasteiger partial charge is 0.369 e. The van der Waals surface area contributed by atoms with Crippen LogP contribution in [0.4, 0.5) is 11.4 Å². The average Bonchev–Trinajstić information content (AvgIpc) is 2.26. The van der Waals surface area contributed by atoms with Crippen molar-refractivity contribution in [3.8, 4) is 0 Å². The molecule has 108 valence electrons. The van der Waals surface area contributed by atoms with Gasteiger partial charge in [-0.05, 0) is 26.0 Å². The monoisotopic (exact) mass is 298 g/mol. The van der Waals surface area contributed by atoms with Crippen molar-refractivity contribution >= 4 is 35.7 Å². The Balaban J connectivity index is 0.00000200. The minimum absolute atomic E-state index is 0. The lowest BCUT2D eigenvalue weighted by Crippen LogP contribution is -2.54. The van der Waals surface area contributed by atoms with E-state index in [9.17, 15) is 10.1 Å². The maximum atomic E-state index is 10.6. The van der Waals surface area contributed by atoms with Gasteiger partial charge in [-0.3, -0.25) is 15.0 Å². The molecule has 0 aromatic heterocycles. The van der Waals surface area contributed by atoms with Crippen LogP contribution in [0.1, 0.15) is 13.8 Å². The number of non-ortho nitro benzene ring substituents is 1. The normalized spacial score (nSPS) is 16.8. The Hall–Kier alpha value is -2.35. The number of anilines is 1. The number of benzene rings is 1. The standard InChI is InChI=1S/C11H14N6O2.ClH/c1-11(2)15-9(12)14-10(13)16(11)7-3-5-8(6-4-7)17(18)19;/h3-6H,1-2H3,(H4,12,13,14,15);1H. The van der Waals surface area contributed by atoms with Gasteiger partial charge >= 0.3 is 0 Å². The number of nitrogens with two attached hydrogens (primary N) is 2. The average molecular weight is 299 g/mol. The van der Waals surface area contributed by atoms with Gasteiger partial charge in [0.15, 0.2) is 0 Å². The molecule has 1 aromatic carbocycles. The number of aliphatic imine (C=N–C) groups is 2. The molecule has 0 amide bonds. The van der Waals surface area contributed by atoms with E-state index >= 15 is 0 Å². The zero-order valence-electron chi connectivity index (χ0n) is 11.0. The molecule has 0 unspecified atom stereocenters. The lowest BCUT2D eigenvalue weighted by molar-refractivity contribution is -0.384. The minimum Gasteiger partial charge on any atom is -0.369 e. The van der Waals surface area contributed by atoms with E-state index in [4.69, 9.17) is 11.5 Å². The van der Waals surface area contributed by atoms with Crippen LogP contribution in [0.15, 0.2) is 34.3 Å². The number of hydrogen-bond acceptors (Lipinski definition) is 7. The molecule has 9 heteroatoms. The molecule has 0 atom stereocenters. The van der Waals surface area contributed by atoms with Crippen molar-refractivity contribution in [1.82, 2.24) is 0 Å². The highest BCUT2D eigenvalue weighted by Gasteiger charge is 2.33. The summed E-state index contributed by atoms with van der Waals surface area (Å²) in [7, 11) is 0. The zero-order valence-corrected chi connectivity index (χ0v) is 11.8. The second-order valence-corrected chi connectivity index (χ2v) is 4.54. The molecule has 1 aromatic rings. The molecular weight excluding hydrogens is 284 g/mol. The summed E-state index contributed by atoms with van der Waals surface area (Å²) in [4.78, 5) is 19.9. The lowest BCUT2D eigenvalue weighted by atomic mass is 10.1. The van der Waals surface area contributed by atoms with E-state index in [0.717, 1.165) is 0 Å². The first-order valence-electron chi connectivity index (χ1n) is 5.55. The zero-order chi connectivity index (χ0) is 14.2. The molecule has 4 N–H and O–H groups in total. The van der Waals surface area contributed by atoms with Gasteiger partial charge in [0.25, 0.3) is 5.69 Å². The first-order chi connectivity index (χ1) is 8.81. The van der Waals surface area contributed by atoms with E-state index in [-0.39, 0.29) is 30.0 Å². The molecule has 0 saturated carbocycles. The number of nitrogens with zero attached hydrogens (tertiary/aromatic N) is 4. The topological polar surface area (TPSA) is 123 Å². The van der Waals surface area contributed by atoms with E-state index in [1.165, 1.54) is 12.1 Å². The molecular formula is C11H15ClN6O2. The number of halogens is 1. The van der Waals surface area contributed by atoms with Crippen LogP contribution in [-0.2, 0) is 0 Å². The fraction of sp³-hybridized carbons (Fsp3) is 0.273. The summed E-state index contributed by atoms with van der Waals surface area (Å²) in [5.41, 5.74) is 11.4. The SMILES string of the molecule is CC1(C)N=C(N)N=C(N)N1c1ccc([N+](=O)[O-])cc1.Cl. The van der Waals surface area contributed by atoms with Gasteiger partial charge < -0.3 is 11.5 Å². The van der Waals surface area contributed by atoms with Crippen LogP contribution >= 0.6 is 12.4 Å². The van der Waals surface area contributed by atoms with Crippen LogP contribution < -0.4 is 16.4 Å². The van der Waals surface area contributed by atoms with Crippen molar-refractivity contribution < 1.29 is 4.92 Å². The van der Waals surface area contributed by atoms with Crippen LogP contribution in [0, 0.1) is 10.1 Å². The van der Waals surface area contributed by atoms with Crippen LogP contribution in [0.3, 0.4) is 0 Å². The quantitative estimate of drug-likeness (QED) is 0.627. The van der Waals surface area contributed by atoms with Crippen LogP contribution in [0.25, 0.3) is 0 Å².